The lowest BCUT2D eigenvalue weighted by Gasteiger charge is -2.20. The van der Waals surface area contributed by atoms with Gasteiger partial charge in [-0.3, -0.25) is 9.59 Å². The molecular weight excluding hydrogens is 376 g/mol. The normalized spacial score (nSPS) is 15.8. The highest BCUT2D eigenvalue weighted by atomic mass is 16.5. The first-order valence-corrected chi connectivity index (χ1v) is 9.06. The summed E-state index contributed by atoms with van der Waals surface area (Å²) < 4.78 is 21.3. The van der Waals surface area contributed by atoms with Crippen molar-refractivity contribution in [1.29, 1.82) is 0 Å². The fourth-order valence-corrected chi connectivity index (χ4v) is 3.34. The molecule has 154 valence electrons. The van der Waals surface area contributed by atoms with Gasteiger partial charge in [0.1, 0.15) is 5.75 Å². The Kier molecular flexibility index (Phi) is 6.11. The molecule has 0 aliphatic carbocycles. The van der Waals surface area contributed by atoms with Crippen molar-refractivity contribution in [3.63, 3.8) is 0 Å². The van der Waals surface area contributed by atoms with Crippen molar-refractivity contribution in [3.05, 3.63) is 36.4 Å². The second-order valence-corrected chi connectivity index (χ2v) is 6.48. The minimum Gasteiger partial charge on any atom is -0.495 e. The van der Waals surface area contributed by atoms with Gasteiger partial charge in [-0.2, -0.15) is 0 Å². The molecule has 1 aliphatic rings. The standard InChI is InChI=1S/C21H24N2O6/c1-26-16-8-6-5-7-15(16)22-21(25)13-9-19(24)23(12-13)14-10-17(27-2)20(29-4)18(11-14)28-3/h5-8,10-11,13H,9,12H2,1-4H3,(H,22,25). The van der Waals surface area contributed by atoms with E-state index in [4.69, 9.17) is 18.9 Å². The summed E-state index contributed by atoms with van der Waals surface area (Å²) in [5, 5.41) is 2.85. The average Bonchev–Trinajstić information content (AvgIpc) is 3.14. The number of hydrogen-bond donors (Lipinski definition) is 1. The number of nitrogens with zero attached hydrogens (tertiary/aromatic N) is 1. The number of ether oxygens (including phenoxy) is 4. The van der Waals surface area contributed by atoms with Crippen LogP contribution in [-0.4, -0.2) is 46.8 Å². The van der Waals surface area contributed by atoms with Crippen LogP contribution in [0.4, 0.5) is 11.4 Å². The molecule has 2 aromatic rings. The van der Waals surface area contributed by atoms with Gasteiger partial charge in [-0.25, -0.2) is 0 Å². The predicted molar refractivity (Wildman–Crippen MR) is 108 cm³/mol. The molecule has 8 heteroatoms. The van der Waals surface area contributed by atoms with E-state index in [1.54, 1.807) is 35.2 Å². The van der Waals surface area contributed by atoms with E-state index in [0.717, 1.165) is 0 Å². The number of para-hydroxylation sites is 2. The lowest BCUT2D eigenvalue weighted by atomic mass is 10.1. The van der Waals surface area contributed by atoms with Gasteiger partial charge in [-0.15, -0.1) is 0 Å². The van der Waals surface area contributed by atoms with E-state index in [9.17, 15) is 9.59 Å². The topological polar surface area (TPSA) is 86.3 Å². The third-order valence-electron chi connectivity index (χ3n) is 4.82. The molecule has 3 rings (SSSR count). The monoisotopic (exact) mass is 400 g/mol. The summed E-state index contributed by atoms with van der Waals surface area (Å²) in [6, 6.07) is 10.5. The number of rotatable bonds is 7. The lowest BCUT2D eigenvalue weighted by molar-refractivity contribution is -0.122. The molecule has 1 saturated heterocycles. The van der Waals surface area contributed by atoms with Crippen molar-refractivity contribution in [2.24, 2.45) is 5.92 Å². The minimum atomic E-state index is -0.494. The average molecular weight is 400 g/mol. The maximum absolute atomic E-state index is 12.7. The molecule has 0 radical (unpaired) electrons. The van der Waals surface area contributed by atoms with Crippen LogP contribution in [0.5, 0.6) is 23.0 Å². The van der Waals surface area contributed by atoms with E-state index in [0.29, 0.717) is 34.4 Å². The van der Waals surface area contributed by atoms with Gasteiger partial charge in [0.25, 0.3) is 0 Å². The Morgan fingerprint density at radius 2 is 1.59 bits per heavy atom. The second kappa shape index (κ2) is 8.72. The Morgan fingerprint density at radius 1 is 0.966 bits per heavy atom. The summed E-state index contributed by atoms with van der Waals surface area (Å²) >= 11 is 0. The highest BCUT2D eigenvalue weighted by molar-refractivity contribution is 6.04. The number of benzene rings is 2. The van der Waals surface area contributed by atoms with Gasteiger partial charge < -0.3 is 29.2 Å². The molecule has 8 nitrogen and oxygen atoms in total. The number of carbonyl (C=O) groups is 2. The zero-order valence-electron chi connectivity index (χ0n) is 16.9. The molecule has 0 bridgehead atoms. The lowest BCUT2D eigenvalue weighted by Crippen LogP contribution is -2.28. The number of anilines is 2. The van der Waals surface area contributed by atoms with Crippen LogP contribution in [0, 0.1) is 5.92 Å². The van der Waals surface area contributed by atoms with Crippen molar-refractivity contribution in [1.82, 2.24) is 0 Å². The van der Waals surface area contributed by atoms with Crippen LogP contribution in [0.25, 0.3) is 0 Å². The van der Waals surface area contributed by atoms with E-state index in [2.05, 4.69) is 5.32 Å². The molecule has 2 aromatic carbocycles. The molecule has 0 aromatic heterocycles. The third kappa shape index (κ3) is 4.06. The van der Waals surface area contributed by atoms with Crippen molar-refractivity contribution < 1.29 is 28.5 Å². The Hall–Kier alpha value is -3.42. The second-order valence-electron chi connectivity index (χ2n) is 6.48. The van der Waals surface area contributed by atoms with Crippen molar-refractivity contribution >= 4 is 23.2 Å². The van der Waals surface area contributed by atoms with Crippen LogP contribution < -0.4 is 29.2 Å². The Balaban J connectivity index is 1.80. The zero-order valence-corrected chi connectivity index (χ0v) is 16.9. The Morgan fingerprint density at radius 3 is 2.17 bits per heavy atom. The fourth-order valence-electron chi connectivity index (χ4n) is 3.34. The summed E-state index contributed by atoms with van der Waals surface area (Å²) in [6.07, 6.45) is 0.109. The van der Waals surface area contributed by atoms with E-state index < -0.39 is 5.92 Å². The maximum Gasteiger partial charge on any atom is 0.229 e. The highest BCUT2D eigenvalue weighted by Crippen LogP contribution is 2.42. The Labute approximate surface area is 169 Å². The SMILES string of the molecule is COc1ccccc1NC(=O)C1CC(=O)N(c2cc(OC)c(OC)c(OC)c2)C1. The van der Waals surface area contributed by atoms with Crippen molar-refractivity contribution in [2.45, 2.75) is 6.42 Å². The van der Waals surface area contributed by atoms with Crippen molar-refractivity contribution in [2.75, 3.05) is 45.2 Å². The maximum atomic E-state index is 12.7. The molecule has 1 atom stereocenters. The van der Waals surface area contributed by atoms with E-state index in [1.165, 1.54) is 28.4 Å². The van der Waals surface area contributed by atoms with Gasteiger partial charge in [0.15, 0.2) is 11.5 Å². The van der Waals surface area contributed by atoms with Crippen LogP contribution in [0.2, 0.25) is 0 Å². The van der Waals surface area contributed by atoms with Gasteiger partial charge in [0, 0.05) is 25.1 Å². The molecule has 2 amide bonds. The summed E-state index contributed by atoms with van der Waals surface area (Å²) in [5.41, 5.74) is 1.15. The molecule has 0 saturated carbocycles. The first-order valence-electron chi connectivity index (χ1n) is 9.06. The molecule has 1 heterocycles. The fraction of sp³-hybridized carbons (Fsp3) is 0.333. The number of methoxy groups -OCH3 is 4. The number of amides is 2. The Bertz CT molecular complexity index is 889. The van der Waals surface area contributed by atoms with Gasteiger partial charge in [0.2, 0.25) is 17.6 Å². The quantitative estimate of drug-likeness (QED) is 0.769. The summed E-state index contributed by atoms with van der Waals surface area (Å²) in [4.78, 5) is 26.9. The highest BCUT2D eigenvalue weighted by Gasteiger charge is 2.36. The summed E-state index contributed by atoms with van der Waals surface area (Å²) in [5.74, 6) is 0.999. The van der Waals surface area contributed by atoms with Crippen LogP contribution in [0.3, 0.4) is 0 Å². The summed E-state index contributed by atoms with van der Waals surface area (Å²) in [7, 11) is 6.07. The third-order valence-corrected chi connectivity index (χ3v) is 4.82. The predicted octanol–water partition coefficient (Wildman–Crippen LogP) is 2.71. The number of hydrogen-bond acceptors (Lipinski definition) is 6. The van der Waals surface area contributed by atoms with Crippen molar-refractivity contribution in [3.8, 4) is 23.0 Å². The largest absolute Gasteiger partial charge is 0.495 e. The zero-order chi connectivity index (χ0) is 21.0. The smallest absolute Gasteiger partial charge is 0.229 e. The molecule has 1 aliphatic heterocycles. The van der Waals surface area contributed by atoms with Crippen LogP contribution in [0.15, 0.2) is 36.4 Å². The van der Waals surface area contributed by atoms with Gasteiger partial charge in [-0.05, 0) is 12.1 Å². The van der Waals surface area contributed by atoms with Gasteiger partial charge in [-0.1, -0.05) is 12.1 Å². The van der Waals surface area contributed by atoms with Crippen LogP contribution in [-0.2, 0) is 9.59 Å². The van der Waals surface area contributed by atoms with E-state index in [-0.39, 0.29) is 24.8 Å². The molecular formula is C21H24N2O6. The molecule has 1 fully saturated rings. The first kappa shape index (κ1) is 20.3. The number of nitrogens with one attached hydrogen (secondary N) is 1. The molecule has 29 heavy (non-hydrogen) atoms. The molecule has 1 N–H and O–H groups in total. The number of carbonyl (C=O) groups excluding carboxylic acids is 2. The van der Waals surface area contributed by atoms with Gasteiger partial charge in [0.05, 0.1) is 45.7 Å². The van der Waals surface area contributed by atoms with Crippen LogP contribution in [0.1, 0.15) is 6.42 Å². The van der Waals surface area contributed by atoms with Crippen LogP contribution >= 0.6 is 0 Å². The summed E-state index contributed by atoms with van der Waals surface area (Å²) in [6.45, 7) is 0.248. The minimum absolute atomic E-state index is 0.109. The van der Waals surface area contributed by atoms with E-state index in [1.807, 2.05) is 6.07 Å². The van der Waals surface area contributed by atoms with E-state index >= 15 is 0 Å². The molecule has 0 spiro atoms. The molecule has 1 unspecified atom stereocenters. The first-order chi connectivity index (χ1) is 14.0. The van der Waals surface area contributed by atoms with Gasteiger partial charge >= 0.3 is 0 Å².